The third kappa shape index (κ3) is 3.61. The summed E-state index contributed by atoms with van der Waals surface area (Å²) in [5, 5.41) is 6.97. The number of carbonyl (C=O) groups excluding carboxylic acids is 1. The zero-order chi connectivity index (χ0) is 13.8. The summed E-state index contributed by atoms with van der Waals surface area (Å²) in [6.45, 7) is 0.571. The van der Waals surface area contributed by atoms with E-state index < -0.39 is 0 Å². The molecule has 100 valence electrons. The first-order valence-electron chi connectivity index (χ1n) is 5.81. The number of benzene rings is 1. The van der Waals surface area contributed by atoms with Crippen molar-refractivity contribution in [1.82, 2.24) is 15.1 Å². The molecule has 0 aliphatic rings. The predicted molar refractivity (Wildman–Crippen MR) is 80.6 cm³/mol. The van der Waals surface area contributed by atoms with Crippen molar-refractivity contribution in [3.05, 3.63) is 46.2 Å². The molecule has 1 heterocycles. The van der Waals surface area contributed by atoms with Crippen LogP contribution in [0.5, 0.6) is 0 Å². The molecule has 0 atom stereocenters. The minimum Gasteiger partial charge on any atom is -0.352 e. The molecule has 0 aliphatic carbocycles. The monoisotopic (exact) mass is 339 g/mol. The highest BCUT2D eigenvalue weighted by molar-refractivity contribution is 9.10. The van der Waals surface area contributed by atoms with Gasteiger partial charge >= 0.3 is 0 Å². The SMILES string of the molecule is Cn1nccc1CCNC(=O)c1cc(S)ccc1Br. The zero-order valence-electron chi connectivity index (χ0n) is 10.4. The van der Waals surface area contributed by atoms with Crippen molar-refractivity contribution in [3.8, 4) is 0 Å². The van der Waals surface area contributed by atoms with Crippen LogP contribution in [0.15, 0.2) is 39.8 Å². The average Bonchev–Trinajstić information content (AvgIpc) is 2.78. The van der Waals surface area contributed by atoms with E-state index in [1.807, 2.05) is 25.2 Å². The van der Waals surface area contributed by atoms with Crippen LogP contribution in [0.2, 0.25) is 0 Å². The van der Waals surface area contributed by atoms with Gasteiger partial charge in [0.1, 0.15) is 0 Å². The molecule has 1 N–H and O–H groups in total. The largest absolute Gasteiger partial charge is 0.352 e. The number of nitrogens with one attached hydrogen (secondary N) is 1. The molecule has 19 heavy (non-hydrogen) atoms. The third-order valence-corrected chi connectivity index (χ3v) is 3.75. The van der Waals surface area contributed by atoms with Crippen LogP contribution in [-0.4, -0.2) is 22.2 Å². The average molecular weight is 340 g/mol. The number of hydrogen-bond acceptors (Lipinski definition) is 3. The molecule has 6 heteroatoms. The number of amides is 1. The molecule has 0 radical (unpaired) electrons. The lowest BCUT2D eigenvalue weighted by Gasteiger charge is -2.07. The van der Waals surface area contributed by atoms with Crippen LogP contribution in [0.1, 0.15) is 16.1 Å². The highest BCUT2D eigenvalue weighted by atomic mass is 79.9. The zero-order valence-corrected chi connectivity index (χ0v) is 12.9. The molecule has 0 saturated carbocycles. The maximum atomic E-state index is 12.0. The summed E-state index contributed by atoms with van der Waals surface area (Å²) in [4.78, 5) is 12.8. The van der Waals surface area contributed by atoms with Gasteiger partial charge in [0, 0.05) is 41.3 Å². The molecular formula is C13H14BrN3OS. The first kappa shape index (κ1) is 14.1. The molecule has 1 aromatic heterocycles. The normalized spacial score (nSPS) is 10.5. The molecule has 4 nitrogen and oxygen atoms in total. The lowest BCUT2D eigenvalue weighted by atomic mass is 10.2. The lowest BCUT2D eigenvalue weighted by Crippen LogP contribution is -2.26. The molecule has 2 rings (SSSR count). The Bertz CT molecular complexity index is 597. The topological polar surface area (TPSA) is 46.9 Å². The van der Waals surface area contributed by atoms with Gasteiger partial charge in [-0.3, -0.25) is 9.48 Å². The Morgan fingerprint density at radius 1 is 1.47 bits per heavy atom. The highest BCUT2D eigenvalue weighted by Crippen LogP contribution is 2.20. The van der Waals surface area contributed by atoms with Crippen molar-refractivity contribution in [1.29, 1.82) is 0 Å². The Kier molecular flexibility index (Phi) is 4.66. The van der Waals surface area contributed by atoms with Crippen molar-refractivity contribution in [2.45, 2.75) is 11.3 Å². The highest BCUT2D eigenvalue weighted by Gasteiger charge is 2.10. The third-order valence-electron chi connectivity index (χ3n) is 2.78. The fraction of sp³-hybridized carbons (Fsp3) is 0.231. The summed E-state index contributed by atoms with van der Waals surface area (Å²) in [5.41, 5.74) is 1.68. The van der Waals surface area contributed by atoms with Crippen LogP contribution in [0.3, 0.4) is 0 Å². The molecule has 0 bridgehead atoms. The predicted octanol–water partition coefficient (Wildman–Crippen LogP) is 2.44. The first-order chi connectivity index (χ1) is 9.08. The Balaban J connectivity index is 1.94. The fourth-order valence-corrected chi connectivity index (χ4v) is 2.36. The number of hydrogen-bond donors (Lipinski definition) is 2. The van der Waals surface area contributed by atoms with Gasteiger partial charge in [-0.25, -0.2) is 0 Å². The smallest absolute Gasteiger partial charge is 0.252 e. The summed E-state index contributed by atoms with van der Waals surface area (Å²) < 4.78 is 2.57. The number of halogens is 1. The maximum Gasteiger partial charge on any atom is 0.252 e. The van der Waals surface area contributed by atoms with Crippen LogP contribution in [-0.2, 0) is 13.5 Å². The molecular weight excluding hydrogens is 326 g/mol. The number of carbonyl (C=O) groups is 1. The van der Waals surface area contributed by atoms with E-state index >= 15 is 0 Å². The number of rotatable bonds is 4. The number of aromatic nitrogens is 2. The second kappa shape index (κ2) is 6.25. The lowest BCUT2D eigenvalue weighted by molar-refractivity contribution is 0.0953. The van der Waals surface area contributed by atoms with Crippen LogP contribution in [0.25, 0.3) is 0 Å². The Morgan fingerprint density at radius 3 is 2.95 bits per heavy atom. The van der Waals surface area contributed by atoms with E-state index in [9.17, 15) is 4.79 Å². The van der Waals surface area contributed by atoms with Gasteiger partial charge in [-0.1, -0.05) is 0 Å². The summed E-state index contributed by atoms with van der Waals surface area (Å²) in [6, 6.07) is 7.33. The summed E-state index contributed by atoms with van der Waals surface area (Å²) >= 11 is 7.60. The van der Waals surface area contributed by atoms with Crippen molar-refractivity contribution < 1.29 is 4.79 Å². The molecule has 2 aromatic rings. The van der Waals surface area contributed by atoms with Crippen LogP contribution < -0.4 is 5.32 Å². The standard InChI is InChI=1S/C13H14BrN3OS/c1-17-9(5-7-16-17)4-6-15-13(18)11-8-10(19)2-3-12(11)14/h2-3,5,7-8,19H,4,6H2,1H3,(H,15,18). The van der Waals surface area contributed by atoms with Crippen molar-refractivity contribution in [3.63, 3.8) is 0 Å². The quantitative estimate of drug-likeness (QED) is 0.840. The van der Waals surface area contributed by atoms with Gasteiger partial charge in [-0.15, -0.1) is 12.6 Å². The second-order valence-electron chi connectivity index (χ2n) is 4.12. The molecule has 0 saturated heterocycles. The van der Waals surface area contributed by atoms with E-state index in [0.29, 0.717) is 12.1 Å². The molecule has 0 spiro atoms. The Morgan fingerprint density at radius 2 is 2.26 bits per heavy atom. The molecule has 0 fully saturated rings. The van der Waals surface area contributed by atoms with Crippen LogP contribution in [0, 0.1) is 0 Å². The maximum absolute atomic E-state index is 12.0. The van der Waals surface area contributed by atoms with E-state index in [1.54, 1.807) is 16.9 Å². The summed E-state index contributed by atoms with van der Waals surface area (Å²) in [7, 11) is 1.89. The van der Waals surface area contributed by atoms with Gasteiger partial charge in [0.2, 0.25) is 0 Å². The number of nitrogens with zero attached hydrogens (tertiary/aromatic N) is 2. The van der Waals surface area contributed by atoms with Gasteiger partial charge in [-0.2, -0.15) is 5.10 Å². The molecule has 0 aliphatic heterocycles. The number of thiol groups is 1. The summed E-state index contributed by atoms with van der Waals surface area (Å²) in [5.74, 6) is -0.107. The first-order valence-corrected chi connectivity index (χ1v) is 7.05. The number of aryl methyl sites for hydroxylation is 1. The fourth-order valence-electron chi connectivity index (χ4n) is 1.73. The van der Waals surface area contributed by atoms with E-state index in [1.165, 1.54) is 0 Å². The Labute approximate surface area is 125 Å². The van der Waals surface area contributed by atoms with Gasteiger partial charge in [-0.05, 0) is 40.2 Å². The second-order valence-corrected chi connectivity index (χ2v) is 5.49. The van der Waals surface area contributed by atoms with Crippen molar-refractivity contribution in [2.24, 2.45) is 7.05 Å². The van der Waals surface area contributed by atoms with Gasteiger partial charge < -0.3 is 5.32 Å². The minimum atomic E-state index is -0.107. The molecule has 1 aromatic carbocycles. The molecule has 1 amide bonds. The molecule has 0 unspecified atom stereocenters. The summed E-state index contributed by atoms with van der Waals surface area (Å²) in [6.07, 6.45) is 2.50. The van der Waals surface area contributed by atoms with E-state index in [-0.39, 0.29) is 5.91 Å². The van der Waals surface area contributed by atoms with Crippen molar-refractivity contribution in [2.75, 3.05) is 6.54 Å². The van der Waals surface area contributed by atoms with E-state index in [4.69, 9.17) is 0 Å². The van der Waals surface area contributed by atoms with E-state index in [0.717, 1.165) is 21.5 Å². The van der Waals surface area contributed by atoms with Crippen molar-refractivity contribution >= 4 is 34.5 Å². The van der Waals surface area contributed by atoms with Crippen LogP contribution in [0.4, 0.5) is 0 Å². The minimum absolute atomic E-state index is 0.107. The van der Waals surface area contributed by atoms with Gasteiger partial charge in [0.15, 0.2) is 0 Å². The van der Waals surface area contributed by atoms with E-state index in [2.05, 4.69) is 39.0 Å². The van der Waals surface area contributed by atoms with Gasteiger partial charge in [0.25, 0.3) is 5.91 Å². The Hall–Kier alpha value is -1.27. The van der Waals surface area contributed by atoms with Gasteiger partial charge in [0.05, 0.1) is 5.56 Å². The van der Waals surface area contributed by atoms with Crippen LogP contribution >= 0.6 is 28.6 Å².